The molecule has 2 aliphatic heterocycles. The van der Waals surface area contributed by atoms with Gasteiger partial charge in [-0.1, -0.05) is 25.5 Å². The summed E-state index contributed by atoms with van der Waals surface area (Å²) in [5.74, 6) is 2.45. The quantitative estimate of drug-likeness (QED) is 0.643. The molecule has 5 atom stereocenters. The minimum Gasteiger partial charge on any atom is -0.286 e. The highest BCUT2D eigenvalue weighted by Gasteiger charge is 2.44. The molecular formula is C15H26N2. The SMILES string of the molecule is CC1=C[C@@H](C)[C@H](C2N3CCCN2CC3)[C@H](C)C1. The van der Waals surface area contributed by atoms with E-state index in [1.807, 2.05) is 0 Å². The van der Waals surface area contributed by atoms with Crippen LogP contribution in [-0.2, 0) is 0 Å². The van der Waals surface area contributed by atoms with E-state index in [4.69, 9.17) is 0 Å². The van der Waals surface area contributed by atoms with E-state index in [1.165, 1.54) is 39.0 Å². The van der Waals surface area contributed by atoms with Crippen molar-refractivity contribution in [3.05, 3.63) is 11.6 Å². The minimum absolute atomic E-state index is 0.748. The van der Waals surface area contributed by atoms with E-state index in [1.54, 1.807) is 5.57 Å². The van der Waals surface area contributed by atoms with Gasteiger partial charge in [0.1, 0.15) is 0 Å². The maximum Gasteiger partial charge on any atom is 0.0660 e. The van der Waals surface area contributed by atoms with E-state index in [2.05, 4.69) is 36.6 Å². The summed E-state index contributed by atoms with van der Waals surface area (Å²) in [6.07, 6.45) is 5.97. The Kier molecular flexibility index (Phi) is 3.04. The molecule has 3 rings (SSSR count). The predicted molar refractivity (Wildman–Crippen MR) is 71.7 cm³/mol. The summed E-state index contributed by atoms with van der Waals surface area (Å²) in [5.41, 5.74) is 1.61. The molecule has 0 aromatic heterocycles. The first-order valence-corrected chi connectivity index (χ1v) is 7.32. The molecule has 0 aromatic carbocycles. The third-order valence-corrected chi connectivity index (χ3v) is 5.11. The van der Waals surface area contributed by atoms with Gasteiger partial charge in [-0.15, -0.1) is 0 Å². The molecule has 0 spiro atoms. The Bertz CT molecular complexity index is 307. The standard InChI is InChI=1S/C15H26N2/c1-11-9-12(2)14(13(3)10-11)15-16-5-4-6-17(15)8-7-16/h9,12-15H,4-8,10H2,1-3H3/t12-,13-,14+/m1/s1. The lowest BCUT2D eigenvalue weighted by molar-refractivity contribution is 0.00332. The Morgan fingerprint density at radius 3 is 2.29 bits per heavy atom. The van der Waals surface area contributed by atoms with Gasteiger partial charge in [-0.2, -0.15) is 0 Å². The Balaban J connectivity index is 1.84. The van der Waals surface area contributed by atoms with Crippen LogP contribution >= 0.6 is 0 Å². The monoisotopic (exact) mass is 234 g/mol. The summed E-state index contributed by atoms with van der Waals surface area (Å²) in [6, 6.07) is 0. The molecule has 0 radical (unpaired) electrons. The lowest BCUT2D eigenvalue weighted by atomic mass is 9.72. The van der Waals surface area contributed by atoms with Gasteiger partial charge in [0, 0.05) is 26.2 Å². The average Bonchev–Trinajstić information content (AvgIpc) is 2.50. The second-order valence-corrected chi connectivity index (χ2v) is 6.47. The zero-order chi connectivity index (χ0) is 12.0. The van der Waals surface area contributed by atoms with Crippen molar-refractivity contribution in [1.82, 2.24) is 9.80 Å². The first-order chi connectivity index (χ1) is 8.16. The van der Waals surface area contributed by atoms with Gasteiger partial charge >= 0.3 is 0 Å². The van der Waals surface area contributed by atoms with Crippen molar-refractivity contribution < 1.29 is 0 Å². The lowest BCUT2D eigenvalue weighted by Gasteiger charge is -2.46. The molecule has 0 amide bonds. The van der Waals surface area contributed by atoms with Gasteiger partial charge in [0.25, 0.3) is 0 Å². The topological polar surface area (TPSA) is 6.48 Å². The number of fused-ring (bicyclic) bond motifs is 2. The molecule has 17 heavy (non-hydrogen) atoms. The summed E-state index contributed by atoms with van der Waals surface area (Å²) in [4.78, 5) is 5.49. The predicted octanol–water partition coefficient (Wildman–Crippen LogP) is 2.57. The van der Waals surface area contributed by atoms with E-state index < -0.39 is 0 Å². The molecule has 2 nitrogen and oxygen atoms in total. The zero-order valence-corrected chi connectivity index (χ0v) is 11.5. The molecule has 2 heterocycles. The fourth-order valence-electron chi connectivity index (χ4n) is 4.56. The van der Waals surface area contributed by atoms with Crippen molar-refractivity contribution in [3.8, 4) is 0 Å². The third kappa shape index (κ3) is 1.96. The molecule has 2 bridgehead atoms. The van der Waals surface area contributed by atoms with Gasteiger partial charge in [0.2, 0.25) is 0 Å². The second-order valence-electron chi connectivity index (χ2n) is 6.47. The maximum atomic E-state index is 2.75. The molecule has 2 heteroatoms. The van der Waals surface area contributed by atoms with Crippen LogP contribution in [0.1, 0.15) is 33.6 Å². The number of nitrogens with zero attached hydrogens (tertiary/aromatic N) is 2. The summed E-state index contributed by atoms with van der Waals surface area (Å²) in [5, 5.41) is 0. The van der Waals surface area contributed by atoms with E-state index >= 15 is 0 Å². The van der Waals surface area contributed by atoms with Gasteiger partial charge in [-0.05, 0) is 37.5 Å². The highest BCUT2D eigenvalue weighted by Crippen LogP contribution is 2.40. The fraction of sp³-hybridized carbons (Fsp3) is 0.867. The molecular weight excluding hydrogens is 208 g/mol. The van der Waals surface area contributed by atoms with Crippen LogP contribution in [0.15, 0.2) is 11.6 Å². The Morgan fingerprint density at radius 2 is 1.71 bits per heavy atom. The van der Waals surface area contributed by atoms with Crippen LogP contribution < -0.4 is 0 Å². The van der Waals surface area contributed by atoms with Crippen molar-refractivity contribution in [2.24, 2.45) is 17.8 Å². The van der Waals surface area contributed by atoms with E-state index in [0.717, 1.165) is 23.9 Å². The fourth-order valence-corrected chi connectivity index (χ4v) is 4.56. The molecule has 2 saturated heterocycles. The largest absolute Gasteiger partial charge is 0.286 e. The van der Waals surface area contributed by atoms with E-state index in [-0.39, 0.29) is 0 Å². The van der Waals surface area contributed by atoms with Crippen LogP contribution in [0.5, 0.6) is 0 Å². The Labute approximate surface area is 106 Å². The van der Waals surface area contributed by atoms with Crippen molar-refractivity contribution >= 4 is 0 Å². The van der Waals surface area contributed by atoms with Gasteiger partial charge in [0.05, 0.1) is 6.17 Å². The van der Waals surface area contributed by atoms with Crippen LogP contribution in [0.25, 0.3) is 0 Å². The maximum absolute atomic E-state index is 2.75. The highest BCUT2D eigenvalue weighted by molar-refractivity contribution is 5.11. The summed E-state index contributed by atoms with van der Waals surface area (Å²) >= 11 is 0. The van der Waals surface area contributed by atoms with Gasteiger partial charge in [0.15, 0.2) is 0 Å². The summed E-state index contributed by atoms with van der Waals surface area (Å²) in [7, 11) is 0. The Hall–Kier alpha value is -0.340. The molecule has 0 saturated carbocycles. The second kappa shape index (κ2) is 4.40. The molecule has 2 unspecified atom stereocenters. The Morgan fingerprint density at radius 1 is 1.06 bits per heavy atom. The first-order valence-electron chi connectivity index (χ1n) is 7.32. The van der Waals surface area contributed by atoms with Crippen LogP contribution in [-0.4, -0.2) is 42.1 Å². The van der Waals surface area contributed by atoms with Gasteiger partial charge in [-0.25, -0.2) is 0 Å². The van der Waals surface area contributed by atoms with E-state index in [9.17, 15) is 0 Å². The van der Waals surface area contributed by atoms with Crippen molar-refractivity contribution in [3.63, 3.8) is 0 Å². The average molecular weight is 234 g/mol. The highest BCUT2D eigenvalue weighted by atomic mass is 15.4. The van der Waals surface area contributed by atoms with Crippen molar-refractivity contribution in [2.75, 3.05) is 26.2 Å². The molecule has 1 aliphatic carbocycles. The number of allylic oxidation sites excluding steroid dienone is 2. The van der Waals surface area contributed by atoms with Crippen LogP contribution in [0.4, 0.5) is 0 Å². The van der Waals surface area contributed by atoms with Crippen molar-refractivity contribution in [1.29, 1.82) is 0 Å². The van der Waals surface area contributed by atoms with E-state index in [0.29, 0.717) is 0 Å². The van der Waals surface area contributed by atoms with Crippen LogP contribution in [0.3, 0.4) is 0 Å². The molecule has 0 N–H and O–H groups in total. The molecule has 0 aromatic rings. The number of rotatable bonds is 1. The van der Waals surface area contributed by atoms with Crippen LogP contribution in [0, 0.1) is 17.8 Å². The van der Waals surface area contributed by atoms with Gasteiger partial charge in [-0.3, -0.25) is 9.80 Å². The molecule has 2 fully saturated rings. The smallest absolute Gasteiger partial charge is 0.0660 e. The summed E-state index contributed by atoms with van der Waals surface area (Å²) in [6.45, 7) is 12.5. The minimum atomic E-state index is 0.748. The molecule has 3 aliphatic rings. The number of hydrogen-bond acceptors (Lipinski definition) is 2. The normalized spacial score (nSPS) is 50.2. The van der Waals surface area contributed by atoms with Crippen molar-refractivity contribution in [2.45, 2.75) is 39.8 Å². The molecule has 96 valence electrons. The first kappa shape index (κ1) is 11.7. The summed E-state index contributed by atoms with van der Waals surface area (Å²) < 4.78 is 0. The number of hydrogen-bond donors (Lipinski definition) is 0. The lowest BCUT2D eigenvalue weighted by Crippen LogP contribution is -2.53. The van der Waals surface area contributed by atoms with Crippen LogP contribution in [0.2, 0.25) is 0 Å². The zero-order valence-electron chi connectivity index (χ0n) is 11.5. The third-order valence-electron chi connectivity index (χ3n) is 5.11. The van der Waals surface area contributed by atoms with Gasteiger partial charge < -0.3 is 0 Å².